The zero-order valence-corrected chi connectivity index (χ0v) is 87.1. The summed E-state index contributed by atoms with van der Waals surface area (Å²) in [4.78, 5) is 147. The molecule has 0 unspecified atom stereocenters. The van der Waals surface area contributed by atoms with E-state index in [1.54, 1.807) is 56.3 Å². The third-order valence-electron chi connectivity index (χ3n) is 13.9. The maximum atomic E-state index is 11.5. The van der Waals surface area contributed by atoms with Gasteiger partial charge in [0.1, 0.15) is 5.78 Å². The van der Waals surface area contributed by atoms with E-state index in [4.69, 9.17) is 11.6 Å². The van der Waals surface area contributed by atoms with Crippen LogP contribution in [0.1, 0.15) is 315 Å². The lowest BCUT2D eigenvalue weighted by Gasteiger charge is -2.25. The molecule has 0 heterocycles. The fourth-order valence-electron chi connectivity index (χ4n) is 7.30. The molecule has 0 bridgehead atoms. The lowest BCUT2D eigenvalue weighted by molar-refractivity contribution is -0.133. The highest BCUT2D eigenvalue weighted by Crippen LogP contribution is 2.24. The number of hydrogen-bond donors (Lipinski definition) is 3. The lowest BCUT2D eigenvalue weighted by Crippen LogP contribution is -2.39. The standard InChI is InChI=1S/C11H20O.C10H20N2O.C10H17NO2.2C10H18O.C9H17NO.C8H15NO.C8H14O.C7H13NO.2C7H12O.C5H9ClO/c1-9(2)8-10(12)6-7-11(3,4)5;1-10(2,3)11-9(13)7-6-8-12(4)5;1-6-9(13)11(5)7-8(12)10(2,3)4;1-8(2)6-9(11)7-10(3,4)5;1-5-9(11)7-6-8-10(2,3)4;1-6-8(11)10(5)7-9(2,3)4;1-5-7(10)9-6-8(2,3)4;1-5-6-7(9)8(2,3)4;1-5-6(9)8-7(2,3)4;1-5-6(8)7(2,3)4;1-5(2)7(8)6(3)4;1-4(2)5(7)3-6/h8H,6-7H2,1-5H3;6-7H,8H2,1-5H3,(H,11,13);6H,1,7H2,2-5H3;6H,7H2,1-5H3;5H,1,6-8H2,2-4H3;6H,1,7H2,2-5H3;5H,1,6H2,2-4H3,(H,9,10);5-6H,1-4H3;5H,1H2,2-4H3,(H,8,9);5H,1H2,2-4H3;6H,1H2,2-4H3;4H,3H2,1-2H3/b;7-6+;;;;;;6-5+;;;;. The number of carbonyl (C=O) groups excluding carboxylic acids is 13. The maximum absolute atomic E-state index is 11.5. The third-order valence-corrected chi connectivity index (χ3v) is 14.2. The third kappa shape index (κ3) is 128. The summed E-state index contributed by atoms with van der Waals surface area (Å²) < 4.78 is 0. The molecule has 3 N–H and O–H groups in total. The van der Waals surface area contributed by atoms with Gasteiger partial charge < -0.3 is 30.7 Å². The molecule has 708 valence electrons. The van der Waals surface area contributed by atoms with Gasteiger partial charge in [0.05, 0.1) is 12.4 Å². The van der Waals surface area contributed by atoms with Crippen LogP contribution in [0.15, 0.2) is 136 Å². The van der Waals surface area contributed by atoms with Crippen molar-refractivity contribution in [1.82, 2.24) is 30.7 Å². The Morgan fingerprint density at radius 1 is 0.418 bits per heavy atom. The molecule has 5 amide bonds. The van der Waals surface area contributed by atoms with Gasteiger partial charge in [-0.25, -0.2) is 0 Å². The number of likely N-dealkylation sites (N-methyl/N-ethyl adjacent to an activating group) is 3. The van der Waals surface area contributed by atoms with Crippen LogP contribution < -0.4 is 16.0 Å². The fraction of sp³-hybridized carbons (Fsp3) is 0.657. The summed E-state index contributed by atoms with van der Waals surface area (Å²) in [6.07, 6.45) is 23.1. The second kappa shape index (κ2) is 71.4. The van der Waals surface area contributed by atoms with Crippen LogP contribution in [0.3, 0.4) is 0 Å². The summed E-state index contributed by atoms with van der Waals surface area (Å²) in [7, 11) is 7.31. The van der Waals surface area contributed by atoms with Crippen molar-refractivity contribution in [3.63, 3.8) is 0 Å². The van der Waals surface area contributed by atoms with Crippen molar-refractivity contribution in [2.24, 2.45) is 55.2 Å². The molecule has 0 aliphatic rings. The van der Waals surface area contributed by atoms with E-state index in [2.05, 4.69) is 166 Å². The van der Waals surface area contributed by atoms with E-state index in [0.29, 0.717) is 36.8 Å². The first-order valence-corrected chi connectivity index (χ1v) is 42.6. The van der Waals surface area contributed by atoms with Crippen LogP contribution in [0.5, 0.6) is 0 Å². The highest BCUT2D eigenvalue weighted by atomic mass is 35.5. The lowest BCUT2D eigenvalue weighted by atomic mass is 9.89. The van der Waals surface area contributed by atoms with Crippen molar-refractivity contribution in [3.8, 4) is 0 Å². The van der Waals surface area contributed by atoms with Crippen LogP contribution in [0.2, 0.25) is 0 Å². The van der Waals surface area contributed by atoms with Crippen LogP contribution >= 0.6 is 11.6 Å². The number of nitrogens with one attached hydrogen (secondary N) is 3. The topological polar surface area (TPSA) is 268 Å². The quantitative estimate of drug-likeness (QED) is 0.0537. The van der Waals surface area contributed by atoms with Crippen molar-refractivity contribution in [2.45, 2.75) is 327 Å². The number of hydrogen-bond acceptors (Lipinski definition) is 14. The molecular formula is C102H185ClN6O13. The average Bonchev–Trinajstić information content (AvgIpc) is 0.884. The van der Waals surface area contributed by atoms with Gasteiger partial charge in [-0.1, -0.05) is 263 Å². The highest BCUT2D eigenvalue weighted by molar-refractivity contribution is 6.27. The van der Waals surface area contributed by atoms with Crippen molar-refractivity contribution in [1.29, 1.82) is 0 Å². The summed E-state index contributed by atoms with van der Waals surface area (Å²) in [5, 5.41) is 8.28. The Morgan fingerprint density at radius 2 is 0.811 bits per heavy atom. The summed E-state index contributed by atoms with van der Waals surface area (Å²) in [6, 6.07) is 0. The Balaban J connectivity index is -0.000000109. The first-order chi connectivity index (χ1) is 54.1. The predicted octanol–water partition coefficient (Wildman–Crippen LogP) is 22.8. The predicted molar refractivity (Wildman–Crippen MR) is 525 cm³/mol. The van der Waals surface area contributed by atoms with E-state index >= 15 is 0 Å². The van der Waals surface area contributed by atoms with Crippen molar-refractivity contribution >= 4 is 87.4 Å². The molecule has 0 saturated carbocycles. The Morgan fingerprint density at radius 3 is 1.04 bits per heavy atom. The van der Waals surface area contributed by atoms with Crippen LogP contribution in [0.25, 0.3) is 0 Å². The second-order valence-corrected chi connectivity index (χ2v) is 42.4. The molecule has 0 aromatic heterocycles. The number of Topliss-reactive ketones (excluding diaryl/α,β-unsaturated/α-hetero) is 3. The van der Waals surface area contributed by atoms with Gasteiger partial charge in [-0.3, -0.25) is 62.3 Å². The molecule has 0 saturated heterocycles. The molecule has 0 aromatic rings. The van der Waals surface area contributed by atoms with Gasteiger partial charge >= 0.3 is 0 Å². The highest BCUT2D eigenvalue weighted by Gasteiger charge is 2.24. The minimum absolute atomic E-state index is 0.0140. The Kier molecular flexibility index (Phi) is 81.9. The van der Waals surface area contributed by atoms with E-state index in [9.17, 15) is 62.3 Å². The molecule has 0 fully saturated rings. The van der Waals surface area contributed by atoms with E-state index in [1.165, 1.54) is 41.4 Å². The van der Waals surface area contributed by atoms with Gasteiger partial charge in [-0.2, -0.15) is 0 Å². The monoisotopic (exact) mass is 1740 g/mol. The van der Waals surface area contributed by atoms with Crippen molar-refractivity contribution in [3.05, 3.63) is 136 Å². The number of amides is 5. The summed E-state index contributed by atoms with van der Waals surface area (Å²) in [5.41, 5.74) is 2.71. The number of carbonyl (C=O) groups is 13. The first-order valence-electron chi connectivity index (χ1n) is 42.1. The Bertz CT molecular complexity index is 3270. The SMILES string of the molecule is C/C=C/C(=O)C(C)(C)C.C=C(C)C(=O)C(C)C.C=CC(=O)C(C)(C)C.C=CC(=O)CCCC(C)(C)C.C=CC(=O)N(C)CC(=O)C(C)(C)C.C=CC(=O)N(C)CC(C)(C)C.C=CC(=O)NC(C)(C)C.C=CC(=O)NCC(C)(C)C.CC(C)=CC(=O)CC(C)(C)C.CC(C)=CC(=O)CCC(C)(C)C.CC(C)C(=O)CCl.CN(C)C/C=C/C(=O)NC(C)(C)C. The molecule has 0 radical (unpaired) electrons. The Labute approximate surface area is 753 Å². The Hall–Kier alpha value is -7.90. The van der Waals surface area contributed by atoms with Gasteiger partial charge in [0.15, 0.2) is 40.5 Å². The number of ketones is 8. The van der Waals surface area contributed by atoms with Crippen molar-refractivity contribution in [2.75, 3.05) is 60.2 Å². The van der Waals surface area contributed by atoms with Gasteiger partial charge in [0.2, 0.25) is 29.5 Å². The summed E-state index contributed by atoms with van der Waals surface area (Å²) in [5.74, 6) is 1.10. The minimum Gasteiger partial charge on any atom is -0.352 e. The molecular weight excluding hydrogens is 1550 g/mol. The number of halogens is 1. The van der Waals surface area contributed by atoms with E-state index in [-0.39, 0.29) is 144 Å². The van der Waals surface area contributed by atoms with Gasteiger partial charge in [-0.05, 0) is 204 Å². The van der Waals surface area contributed by atoms with Gasteiger partial charge in [0, 0.05) is 98.2 Å². The van der Waals surface area contributed by atoms with Crippen LogP contribution in [-0.4, -0.2) is 162 Å². The van der Waals surface area contributed by atoms with Crippen LogP contribution in [0.4, 0.5) is 0 Å². The zero-order valence-electron chi connectivity index (χ0n) is 86.3. The van der Waals surface area contributed by atoms with Crippen molar-refractivity contribution < 1.29 is 62.3 Å². The molecule has 122 heavy (non-hydrogen) atoms. The molecule has 0 aliphatic carbocycles. The number of nitrogens with zero attached hydrogens (tertiary/aromatic N) is 3. The zero-order chi connectivity index (χ0) is 101. The van der Waals surface area contributed by atoms with E-state index in [1.807, 2.05) is 191 Å². The number of alkyl halides is 1. The van der Waals surface area contributed by atoms with Gasteiger partial charge in [-0.15, -0.1) is 11.6 Å². The molecule has 0 spiro atoms. The summed E-state index contributed by atoms with van der Waals surface area (Å²) >= 11 is 5.20. The molecule has 20 heteroatoms. The fourth-order valence-corrected chi connectivity index (χ4v) is 7.60. The first kappa shape index (κ1) is 140. The molecule has 0 atom stereocenters. The molecule has 0 aromatic carbocycles. The second-order valence-electron chi connectivity index (χ2n) is 42.1. The largest absolute Gasteiger partial charge is 0.352 e. The molecule has 19 nitrogen and oxygen atoms in total. The van der Waals surface area contributed by atoms with E-state index in [0.717, 1.165) is 43.5 Å². The average molecular weight is 1740 g/mol. The van der Waals surface area contributed by atoms with E-state index < -0.39 is 5.41 Å². The van der Waals surface area contributed by atoms with Gasteiger partial charge in [0.25, 0.3) is 0 Å². The smallest absolute Gasteiger partial charge is 0.246 e. The maximum Gasteiger partial charge on any atom is 0.246 e. The molecule has 0 aliphatic heterocycles. The van der Waals surface area contributed by atoms with Crippen LogP contribution in [0, 0.1) is 55.2 Å². The van der Waals surface area contributed by atoms with Crippen LogP contribution in [-0.2, 0) is 62.3 Å². The normalized spacial score (nSPS) is 11.0. The number of rotatable bonds is 26. The summed E-state index contributed by atoms with van der Waals surface area (Å²) in [6.45, 7) is 105. The molecule has 0 rings (SSSR count). The number of allylic oxidation sites excluding steroid dienone is 9. The minimum atomic E-state index is -0.393.